The second kappa shape index (κ2) is 4.97. The lowest BCUT2D eigenvalue weighted by molar-refractivity contribution is -0.187. The van der Waals surface area contributed by atoms with Crippen molar-refractivity contribution in [3.8, 4) is 0 Å². The highest BCUT2D eigenvalue weighted by atomic mass is 19.4. The summed E-state index contributed by atoms with van der Waals surface area (Å²) in [6.45, 7) is 2.21. The molecule has 0 saturated carbocycles. The summed E-state index contributed by atoms with van der Waals surface area (Å²) < 4.78 is 42.5. The van der Waals surface area contributed by atoms with Crippen LogP contribution < -0.4 is 11.1 Å². The van der Waals surface area contributed by atoms with E-state index in [2.05, 4.69) is 4.98 Å². The van der Waals surface area contributed by atoms with Gasteiger partial charge in [-0.3, -0.25) is 4.79 Å². The van der Waals surface area contributed by atoms with Crippen LogP contribution in [0.15, 0.2) is 10.6 Å². The van der Waals surface area contributed by atoms with Gasteiger partial charge in [-0.15, -0.1) is 0 Å². The molecular formula is C10H14F3N3O2. The maximum Gasteiger partial charge on any atom is 0.415 e. The molecule has 8 heteroatoms. The second-order valence-corrected chi connectivity index (χ2v) is 3.96. The fraction of sp³-hybridized carbons (Fsp3) is 0.600. The monoisotopic (exact) mass is 265 g/mol. The van der Waals surface area contributed by atoms with Crippen molar-refractivity contribution in [2.75, 3.05) is 0 Å². The van der Waals surface area contributed by atoms with Gasteiger partial charge < -0.3 is 15.5 Å². The van der Waals surface area contributed by atoms with E-state index in [1.165, 1.54) is 6.20 Å². The highest BCUT2D eigenvalue weighted by Crippen LogP contribution is 2.27. The van der Waals surface area contributed by atoms with Gasteiger partial charge in [-0.1, -0.05) is 6.92 Å². The molecule has 0 aliphatic heterocycles. The van der Waals surface area contributed by atoms with Crippen LogP contribution >= 0.6 is 0 Å². The van der Waals surface area contributed by atoms with Crippen LogP contribution in [0.4, 0.5) is 13.2 Å². The predicted molar refractivity (Wildman–Crippen MR) is 56.4 cm³/mol. The highest BCUT2D eigenvalue weighted by Gasteiger charge is 2.53. The molecular weight excluding hydrogens is 251 g/mol. The zero-order chi connectivity index (χ0) is 14.0. The number of carbonyl (C=O) groups excluding carboxylic acids is 1. The number of amides is 1. The second-order valence-electron chi connectivity index (χ2n) is 3.96. The Balaban J connectivity index is 2.61. The molecule has 1 rings (SSSR count). The van der Waals surface area contributed by atoms with Crippen LogP contribution in [-0.2, 0) is 17.8 Å². The van der Waals surface area contributed by atoms with Crippen molar-refractivity contribution < 1.29 is 22.4 Å². The van der Waals surface area contributed by atoms with Gasteiger partial charge in [0.05, 0.1) is 12.7 Å². The van der Waals surface area contributed by atoms with E-state index in [1.54, 1.807) is 0 Å². The molecule has 0 aliphatic rings. The number of carbonyl (C=O) groups is 1. The van der Waals surface area contributed by atoms with E-state index < -0.39 is 17.6 Å². The molecule has 5 nitrogen and oxygen atoms in total. The van der Waals surface area contributed by atoms with Crippen molar-refractivity contribution in [1.29, 1.82) is 0 Å². The lowest BCUT2D eigenvalue weighted by atomic mass is 10.0. The van der Waals surface area contributed by atoms with Crippen LogP contribution in [0.25, 0.3) is 0 Å². The number of nitrogens with one attached hydrogen (secondary N) is 1. The molecule has 0 bridgehead atoms. The molecule has 0 fully saturated rings. The summed E-state index contributed by atoms with van der Waals surface area (Å²) in [7, 11) is 0. The molecule has 102 valence electrons. The van der Waals surface area contributed by atoms with Crippen molar-refractivity contribution in [2.24, 2.45) is 5.73 Å². The minimum Gasteiger partial charge on any atom is -0.444 e. The summed E-state index contributed by atoms with van der Waals surface area (Å²) >= 11 is 0. The molecule has 1 aromatic heterocycles. The molecule has 1 heterocycles. The van der Waals surface area contributed by atoms with Gasteiger partial charge in [-0.2, -0.15) is 13.2 Å². The fourth-order valence-corrected chi connectivity index (χ4v) is 1.06. The third kappa shape index (κ3) is 3.00. The number of halogens is 3. The Bertz CT molecular complexity index is 426. The van der Waals surface area contributed by atoms with Gasteiger partial charge in [0, 0.05) is 6.42 Å². The van der Waals surface area contributed by atoms with Crippen molar-refractivity contribution >= 4 is 5.91 Å². The van der Waals surface area contributed by atoms with Gasteiger partial charge in [0.2, 0.25) is 11.8 Å². The van der Waals surface area contributed by atoms with Crippen LogP contribution in [0, 0.1) is 0 Å². The number of hydrogen-bond acceptors (Lipinski definition) is 4. The molecule has 0 aromatic carbocycles. The summed E-state index contributed by atoms with van der Waals surface area (Å²) in [5.41, 5.74) is 2.01. The molecule has 1 atom stereocenters. The summed E-state index contributed by atoms with van der Waals surface area (Å²) in [4.78, 5) is 15.1. The Hall–Kier alpha value is -1.57. The molecule has 1 amide bonds. The number of alkyl halides is 3. The maximum absolute atomic E-state index is 12.4. The standard InChI is InChI=1S/C10H14F3N3O2/c1-3-6-4-15-7(18-6)5-16-8(17)9(2,14)10(11,12)13/h4H,3,5,14H2,1-2H3,(H,16,17). The Morgan fingerprint density at radius 1 is 1.56 bits per heavy atom. The van der Waals surface area contributed by atoms with Gasteiger partial charge in [0.25, 0.3) is 0 Å². The van der Waals surface area contributed by atoms with Gasteiger partial charge in [0.15, 0.2) is 5.54 Å². The lowest BCUT2D eigenvalue weighted by Gasteiger charge is -2.25. The first kappa shape index (κ1) is 14.5. The van der Waals surface area contributed by atoms with Gasteiger partial charge in [-0.25, -0.2) is 4.98 Å². The summed E-state index contributed by atoms with van der Waals surface area (Å²) in [5.74, 6) is -0.602. The highest BCUT2D eigenvalue weighted by molar-refractivity contribution is 5.86. The van der Waals surface area contributed by atoms with Crippen LogP contribution in [0.5, 0.6) is 0 Å². The zero-order valence-corrected chi connectivity index (χ0v) is 9.97. The molecule has 0 aliphatic carbocycles. The van der Waals surface area contributed by atoms with Gasteiger partial charge >= 0.3 is 6.18 Å². The smallest absolute Gasteiger partial charge is 0.415 e. The predicted octanol–water partition coefficient (Wildman–Crippen LogP) is 1.13. The van der Waals surface area contributed by atoms with E-state index in [4.69, 9.17) is 10.2 Å². The van der Waals surface area contributed by atoms with E-state index in [9.17, 15) is 18.0 Å². The Morgan fingerprint density at radius 3 is 2.61 bits per heavy atom. The molecule has 18 heavy (non-hydrogen) atoms. The quantitative estimate of drug-likeness (QED) is 0.855. The number of nitrogens with zero attached hydrogens (tertiary/aromatic N) is 1. The van der Waals surface area contributed by atoms with Crippen molar-refractivity contribution in [2.45, 2.75) is 38.5 Å². The third-order valence-corrected chi connectivity index (χ3v) is 2.41. The first-order chi connectivity index (χ1) is 8.18. The van der Waals surface area contributed by atoms with E-state index >= 15 is 0 Å². The van der Waals surface area contributed by atoms with Crippen LogP contribution in [0.2, 0.25) is 0 Å². The number of nitrogens with two attached hydrogens (primary N) is 1. The Labute approximate surface area is 102 Å². The minimum absolute atomic E-state index is 0.137. The largest absolute Gasteiger partial charge is 0.444 e. The van der Waals surface area contributed by atoms with Crippen LogP contribution in [0.3, 0.4) is 0 Å². The molecule has 3 N–H and O–H groups in total. The van der Waals surface area contributed by atoms with E-state index in [0.717, 1.165) is 0 Å². The SMILES string of the molecule is CCc1cnc(CNC(=O)C(C)(N)C(F)(F)F)o1. The molecule has 1 aromatic rings. The number of hydrogen-bond donors (Lipinski definition) is 2. The van der Waals surface area contributed by atoms with Crippen LogP contribution in [0.1, 0.15) is 25.5 Å². The van der Waals surface area contributed by atoms with Crippen molar-refractivity contribution in [3.05, 3.63) is 17.8 Å². The van der Waals surface area contributed by atoms with E-state index in [0.29, 0.717) is 19.1 Å². The molecule has 0 saturated heterocycles. The molecule has 1 unspecified atom stereocenters. The minimum atomic E-state index is -4.82. The van der Waals surface area contributed by atoms with Gasteiger partial charge in [0.1, 0.15) is 5.76 Å². The first-order valence-electron chi connectivity index (χ1n) is 5.26. The Kier molecular flexibility index (Phi) is 4.00. The summed E-state index contributed by atoms with van der Waals surface area (Å²) in [6.07, 6.45) is -2.76. The number of aromatic nitrogens is 1. The topological polar surface area (TPSA) is 81.2 Å². The van der Waals surface area contributed by atoms with E-state index in [1.807, 2.05) is 12.2 Å². The normalized spacial score (nSPS) is 15.2. The zero-order valence-electron chi connectivity index (χ0n) is 9.97. The number of rotatable bonds is 4. The van der Waals surface area contributed by atoms with E-state index in [-0.39, 0.29) is 12.4 Å². The average Bonchev–Trinajstić information content (AvgIpc) is 2.72. The lowest BCUT2D eigenvalue weighted by Crippen LogP contribution is -2.61. The third-order valence-electron chi connectivity index (χ3n) is 2.41. The summed E-state index contributed by atoms with van der Waals surface area (Å²) in [6, 6.07) is 0. The average molecular weight is 265 g/mol. The van der Waals surface area contributed by atoms with Crippen molar-refractivity contribution in [1.82, 2.24) is 10.3 Å². The number of oxazole rings is 1. The Morgan fingerprint density at radius 2 is 2.17 bits per heavy atom. The van der Waals surface area contributed by atoms with Crippen molar-refractivity contribution in [3.63, 3.8) is 0 Å². The fourth-order valence-electron chi connectivity index (χ4n) is 1.06. The van der Waals surface area contributed by atoms with Crippen LogP contribution in [-0.4, -0.2) is 22.6 Å². The molecule has 0 spiro atoms. The maximum atomic E-state index is 12.4. The first-order valence-corrected chi connectivity index (χ1v) is 5.26. The summed E-state index contributed by atoms with van der Waals surface area (Å²) in [5, 5.41) is 2.04. The number of aryl methyl sites for hydroxylation is 1. The van der Waals surface area contributed by atoms with Gasteiger partial charge in [-0.05, 0) is 6.92 Å². The molecule has 0 radical (unpaired) electrons.